The largest absolute Gasteiger partial charge is 0.493 e. The maximum absolute atomic E-state index is 12.6. The minimum absolute atomic E-state index is 0.211. The number of anilines is 1. The third-order valence-electron chi connectivity index (χ3n) is 4.79. The van der Waals surface area contributed by atoms with E-state index >= 15 is 0 Å². The van der Waals surface area contributed by atoms with Gasteiger partial charge in [-0.3, -0.25) is 4.72 Å². The molecule has 0 bridgehead atoms. The van der Waals surface area contributed by atoms with E-state index in [-0.39, 0.29) is 4.90 Å². The van der Waals surface area contributed by atoms with E-state index in [0.717, 1.165) is 21.6 Å². The Hall–Kier alpha value is -2.90. The van der Waals surface area contributed by atoms with Gasteiger partial charge in [-0.15, -0.1) is 0 Å². The maximum atomic E-state index is 12.6. The van der Waals surface area contributed by atoms with E-state index < -0.39 is 10.0 Å². The van der Waals surface area contributed by atoms with E-state index in [1.165, 1.54) is 0 Å². The van der Waals surface area contributed by atoms with Crippen LogP contribution >= 0.6 is 12.2 Å². The molecule has 31 heavy (non-hydrogen) atoms. The number of sulfonamides is 1. The highest BCUT2D eigenvalue weighted by molar-refractivity contribution is 7.92. The molecule has 0 aliphatic heterocycles. The van der Waals surface area contributed by atoms with Crippen LogP contribution in [0.4, 0.5) is 5.69 Å². The summed E-state index contributed by atoms with van der Waals surface area (Å²) in [6.07, 6.45) is 1.19. The molecule has 0 spiro atoms. The van der Waals surface area contributed by atoms with Crippen LogP contribution in [0.15, 0.2) is 71.6 Å². The summed E-state index contributed by atoms with van der Waals surface area (Å²) >= 11 is 5.56. The van der Waals surface area contributed by atoms with Gasteiger partial charge >= 0.3 is 0 Å². The van der Waals surface area contributed by atoms with E-state index in [0.29, 0.717) is 30.0 Å². The monoisotopic (exact) mass is 455 g/mol. The number of ether oxygens (including phenoxy) is 2. The van der Waals surface area contributed by atoms with E-state index in [1.807, 2.05) is 37.3 Å². The molecule has 0 atom stereocenters. The first-order chi connectivity index (χ1) is 14.8. The Morgan fingerprint density at radius 1 is 0.839 bits per heavy atom. The van der Waals surface area contributed by atoms with Crippen LogP contribution in [-0.2, 0) is 22.9 Å². The van der Waals surface area contributed by atoms with Crippen LogP contribution in [0.2, 0.25) is 0 Å². The molecule has 1 N–H and O–H groups in total. The van der Waals surface area contributed by atoms with Crippen molar-refractivity contribution in [1.82, 2.24) is 0 Å². The number of methoxy groups -OCH3 is 2. The molecule has 5 nitrogen and oxygen atoms in total. The summed E-state index contributed by atoms with van der Waals surface area (Å²) in [6, 6.07) is 19.7. The number of aryl methyl sites for hydroxylation is 1. The minimum Gasteiger partial charge on any atom is -0.493 e. The Balaban J connectivity index is 1.64. The van der Waals surface area contributed by atoms with E-state index in [9.17, 15) is 8.42 Å². The van der Waals surface area contributed by atoms with Crippen molar-refractivity contribution in [2.24, 2.45) is 0 Å². The average molecular weight is 456 g/mol. The van der Waals surface area contributed by atoms with E-state index in [1.54, 1.807) is 50.6 Å². The van der Waals surface area contributed by atoms with Gasteiger partial charge in [-0.25, -0.2) is 8.42 Å². The van der Waals surface area contributed by atoms with Crippen molar-refractivity contribution in [2.75, 3.05) is 18.9 Å². The van der Waals surface area contributed by atoms with Crippen molar-refractivity contribution in [1.29, 1.82) is 0 Å². The first-order valence-electron chi connectivity index (χ1n) is 9.72. The quantitative estimate of drug-likeness (QED) is 0.462. The number of benzene rings is 3. The molecule has 0 amide bonds. The Kier molecular flexibility index (Phi) is 7.30. The molecule has 0 unspecified atom stereocenters. The number of hydrogen-bond acceptors (Lipinski definition) is 5. The molecular weight excluding hydrogens is 430 g/mol. The number of thiocarbonyl (C=S) groups is 1. The van der Waals surface area contributed by atoms with Crippen molar-refractivity contribution in [3.05, 3.63) is 83.4 Å². The molecule has 0 radical (unpaired) electrons. The van der Waals surface area contributed by atoms with Crippen LogP contribution in [0, 0.1) is 6.92 Å². The lowest BCUT2D eigenvalue weighted by Gasteiger charge is -2.11. The Morgan fingerprint density at radius 2 is 1.42 bits per heavy atom. The summed E-state index contributed by atoms with van der Waals surface area (Å²) in [5, 5.41) is 0. The highest BCUT2D eigenvalue weighted by Gasteiger charge is 2.14. The van der Waals surface area contributed by atoms with Crippen molar-refractivity contribution in [3.63, 3.8) is 0 Å². The number of hydrogen-bond donors (Lipinski definition) is 1. The second kappa shape index (κ2) is 9.94. The van der Waals surface area contributed by atoms with E-state index in [4.69, 9.17) is 21.7 Å². The summed E-state index contributed by atoms with van der Waals surface area (Å²) in [5.74, 6) is 1.34. The zero-order valence-corrected chi connectivity index (χ0v) is 19.3. The van der Waals surface area contributed by atoms with E-state index in [2.05, 4.69) is 4.72 Å². The molecule has 0 fully saturated rings. The summed E-state index contributed by atoms with van der Waals surface area (Å²) in [7, 11) is -0.443. The standard InChI is InChI=1S/C24H25NO4S2/c1-17-4-9-20(10-5-17)25-31(26,27)22-11-6-18(7-12-22)14-21(30)15-19-8-13-23(28-2)24(16-19)29-3/h4-13,16,25H,14-15H2,1-3H3. The topological polar surface area (TPSA) is 64.6 Å². The molecular formula is C24H25NO4S2. The van der Waals surface area contributed by atoms with Gasteiger partial charge in [-0.2, -0.15) is 0 Å². The number of nitrogens with one attached hydrogen (secondary N) is 1. The predicted octanol–water partition coefficient (Wildman–Crippen LogP) is 4.97. The zero-order valence-electron chi connectivity index (χ0n) is 17.7. The van der Waals surface area contributed by atoms with Gasteiger partial charge in [0.25, 0.3) is 10.0 Å². The molecule has 0 aliphatic carbocycles. The van der Waals surface area contributed by atoms with Gasteiger partial charge in [0.15, 0.2) is 11.5 Å². The molecule has 0 saturated carbocycles. The molecule has 162 valence electrons. The van der Waals surface area contributed by atoms with Gasteiger partial charge in [0.2, 0.25) is 0 Å². The zero-order chi connectivity index (χ0) is 22.4. The van der Waals surface area contributed by atoms with Gasteiger partial charge in [-0.05, 0) is 54.4 Å². The smallest absolute Gasteiger partial charge is 0.261 e. The van der Waals surface area contributed by atoms with Crippen molar-refractivity contribution in [3.8, 4) is 11.5 Å². The fraction of sp³-hybridized carbons (Fsp3) is 0.208. The third kappa shape index (κ3) is 6.06. The molecule has 3 aromatic carbocycles. The Bertz CT molecular complexity index is 1160. The fourth-order valence-electron chi connectivity index (χ4n) is 3.13. The lowest BCUT2D eigenvalue weighted by atomic mass is 10.0. The first kappa shape index (κ1) is 22.8. The van der Waals surface area contributed by atoms with Crippen molar-refractivity contribution in [2.45, 2.75) is 24.7 Å². The lowest BCUT2D eigenvalue weighted by Crippen LogP contribution is -2.13. The molecule has 3 rings (SSSR count). The fourth-order valence-corrected chi connectivity index (χ4v) is 4.52. The highest BCUT2D eigenvalue weighted by Crippen LogP contribution is 2.28. The van der Waals surface area contributed by atoms with Crippen LogP contribution in [0.3, 0.4) is 0 Å². The first-order valence-corrected chi connectivity index (χ1v) is 11.6. The minimum atomic E-state index is -3.64. The van der Waals surface area contributed by atoms with Crippen LogP contribution < -0.4 is 14.2 Å². The average Bonchev–Trinajstić information content (AvgIpc) is 2.75. The second-order valence-corrected chi connectivity index (χ2v) is 9.46. The summed E-state index contributed by atoms with van der Waals surface area (Å²) in [6.45, 7) is 1.95. The molecule has 0 aliphatic rings. The SMILES string of the molecule is COc1ccc(CC(=S)Cc2ccc(S(=O)(=O)Nc3ccc(C)cc3)cc2)cc1OC. The molecule has 0 saturated heterocycles. The van der Waals surface area contributed by atoms with Gasteiger partial charge in [0.1, 0.15) is 0 Å². The van der Waals surface area contributed by atoms with Gasteiger partial charge < -0.3 is 9.47 Å². The maximum Gasteiger partial charge on any atom is 0.261 e. The van der Waals surface area contributed by atoms with Crippen LogP contribution in [0.25, 0.3) is 0 Å². The highest BCUT2D eigenvalue weighted by atomic mass is 32.2. The van der Waals surface area contributed by atoms with Gasteiger partial charge in [-0.1, -0.05) is 48.1 Å². The van der Waals surface area contributed by atoms with Crippen LogP contribution in [0.1, 0.15) is 16.7 Å². The molecule has 0 aromatic heterocycles. The van der Waals surface area contributed by atoms with Crippen LogP contribution in [-0.4, -0.2) is 27.5 Å². The van der Waals surface area contributed by atoms with Gasteiger partial charge in [0, 0.05) is 23.4 Å². The Morgan fingerprint density at radius 3 is 2.03 bits per heavy atom. The molecule has 0 heterocycles. The van der Waals surface area contributed by atoms with Crippen LogP contribution in [0.5, 0.6) is 11.5 Å². The predicted molar refractivity (Wildman–Crippen MR) is 128 cm³/mol. The molecule has 7 heteroatoms. The van der Waals surface area contributed by atoms with Gasteiger partial charge in [0.05, 0.1) is 19.1 Å². The van der Waals surface area contributed by atoms with Crippen molar-refractivity contribution >= 4 is 32.8 Å². The number of rotatable bonds is 9. The lowest BCUT2D eigenvalue weighted by molar-refractivity contribution is 0.354. The molecule has 3 aromatic rings. The summed E-state index contributed by atoms with van der Waals surface area (Å²) in [5.41, 5.74) is 3.59. The Labute approximate surface area is 189 Å². The second-order valence-electron chi connectivity index (χ2n) is 7.20. The third-order valence-corrected chi connectivity index (χ3v) is 6.47. The van der Waals surface area contributed by atoms with Crippen molar-refractivity contribution < 1.29 is 17.9 Å². The normalized spacial score (nSPS) is 11.1. The summed E-state index contributed by atoms with van der Waals surface area (Å²) in [4.78, 5) is 1.06. The summed E-state index contributed by atoms with van der Waals surface area (Å²) < 4.78 is 38.4.